The Bertz CT molecular complexity index is 347. The zero-order chi connectivity index (χ0) is 11.8. The van der Waals surface area contributed by atoms with Crippen molar-refractivity contribution in [3.8, 4) is 0 Å². The minimum Gasteiger partial charge on any atom is -0.357 e. The first kappa shape index (κ1) is 16.1. The molecule has 0 aromatic heterocycles. The summed E-state index contributed by atoms with van der Waals surface area (Å²) in [5.74, 6) is 0.506. The zero-order valence-corrected chi connectivity index (χ0v) is 12.5. The third-order valence-corrected chi connectivity index (χ3v) is 2.05. The molecule has 3 nitrogen and oxygen atoms in total. The maximum Gasteiger partial charge on any atom is 0.191 e. The van der Waals surface area contributed by atoms with E-state index in [2.05, 4.69) is 15.6 Å². The van der Waals surface area contributed by atoms with Gasteiger partial charge >= 0.3 is 0 Å². The summed E-state index contributed by atoms with van der Waals surface area (Å²) in [6.07, 6.45) is 0. The summed E-state index contributed by atoms with van der Waals surface area (Å²) in [6.45, 7) is 5.93. The van der Waals surface area contributed by atoms with Gasteiger partial charge < -0.3 is 10.6 Å². The van der Waals surface area contributed by atoms with Gasteiger partial charge in [-0.3, -0.25) is 0 Å². The van der Waals surface area contributed by atoms with Crippen LogP contribution in [0.3, 0.4) is 0 Å². The molecule has 0 amide bonds. The fourth-order valence-electron chi connectivity index (χ4n) is 1.30. The molecule has 0 atom stereocenters. The van der Waals surface area contributed by atoms with E-state index < -0.39 is 0 Å². The van der Waals surface area contributed by atoms with Crippen LogP contribution < -0.4 is 10.6 Å². The molecule has 0 radical (unpaired) electrons. The molecule has 0 unspecified atom stereocenters. The highest BCUT2D eigenvalue weighted by Gasteiger charge is 2.00. The number of nitrogens with zero attached hydrogens (tertiary/aromatic N) is 1. The predicted octanol–water partition coefficient (Wildman–Crippen LogP) is 2.52. The monoisotopic (exact) mass is 351 g/mol. The Balaban J connectivity index is 0.00000256. The molecule has 1 aromatic carbocycles. The Labute approximate surface area is 119 Å². The van der Waals surface area contributed by atoms with E-state index in [9.17, 15) is 4.39 Å². The van der Waals surface area contributed by atoms with Crippen LogP contribution in [-0.4, -0.2) is 19.0 Å². The Hall–Kier alpha value is -0.850. The van der Waals surface area contributed by atoms with E-state index in [0.29, 0.717) is 18.1 Å². The van der Waals surface area contributed by atoms with Crippen molar-refractivity contribution in [3.63, 3.8) is 0 Å². The normalized spacial score (nSPS) is 9.12. The van der Waals surface area contributed by atoms with Crippen LogP contribution in [0.4, 0.5) is 4.39 Å². The van der Waals surface area contributed by atoms with Crippen molar-refractivity contribution in [2.24, 2.45) is 4.99 Å². The lowest BCUT2D eigenvalue weighted by atomic mass is 10.2. The second-order valence-electron chi connectivity index (χ2n) is 3.32. The molecule has 17 heavy (non-hydrogen) atoms. The molecule has 5 heteroatoms. The minimum absolute atomic E-state index is 0. The van der Waals surface area contributed by atoms with Gasteiger partial charge in [-0.2, -0.15) is 0 Å². The van der Waals surface area contributed by atoms with Crippen LogP contribution in [0.15, 0.2) is 29.3 Å². The van der Waals surface area contributed by atoms with Crippen LogP contribution in [0.2, 0.25) is 0 Å². The molecule has 0 aliphatic heterocycles. The van der Waals surface area contributed by atoms with E-state index in [1.807, 2.05) is 19.9 Å². The molecule has 0 heterocycles. The molecule has 2 N–H and O–H groups in total. The van der Waals surface area contributed by atoms with E-state index in [1.165, 1.54) is 6.07 Å². The lowest BCUT2D eigenvalue weighted by Crippen LogP contribution is -2.37. The van der Waals surface area contributed by atoms with Gasteiger partial charge in [-0.15, -0.1) is 24.0 Å². The summed E-state index contributed by atoms with van der Waals surface area (Å²) in [5, 5.41) is 6.18. The summed E-state index contributed by atoms with van der Waals surface area (Å²) in [6, 6.07) is 6.69. The van der Waals surface area contributed by atoms with Gasteiger partial charge in [0.2, 0.25) is 0 Å². The first-order valence-corrected chi connectivity index (χ1v) is 5.53. The number of rotatable bonds is 4. The van der Waals surface area contributed by atoms with Gasteiger partial charge in [0.1, 0.15) is 5.82 Å². The SMILES string of the molecule is CCNC(=NCc1ccccc1F)NCC.I. The van der Waals surface area contributed by atoms with E-state index in [0.717, 1.165) is 13.1 Å². The zero-order valence-electron chi connectivity index (χ0n) is 10.2. The van der Waals surface area contributed by atoms with Gasteiger partial charge in [0, 0.05) is 18.7 Å². The third kappa shape index (κ3) is 5.86. The number of halogens is 2. The van der Waals surface area contributed by atoms with Crippen LogP contribution in [0, 0.1) is 5.82 Å². The van der Waals surface area contributed by atoms with Gasteiger partial charge in [-0.25, -0.2) is 9.38 Å². The summed E-state index contributed by atoms with van der Waals surface area (Å²) in [5.41, 5.74) is 0.607. The first-order valence-electron chi connectivity index (χ1n) is 5.53. The van der Waals surface area contributed by atoms with Crippen molar-refractivity contribution in [3.05, 3.63) is 35.6 Å². The number of hydrogen-bond donors (Lipinski definition) is 2. The highest BCUT2D eigenvalue weighted by Crippen LogP contribution is 2.07. The molecule has 0 aliphatic carbocycles. The summed E-state index contributed by atoms with van der Waals surface area (Å²) in [7, 11) is 0. The Morgan fingerprint density at radius 2 is 1.76 bits per heavy atom. The molecule has 1 aromatic rings. The van der Waals surface area contributed by atoms with Gasteiger partial charge in [-0.1, -0.05) is 18.2 Å². The smallest absolute Gasteiger partial charge is 0.191 e. The van der Waals surface area contributed by atoms with E-state index in [-0.39, 0.29) is 29.8 Å². The molecule has 96 valence electrons. The molecule has 0 saturated carbocycles. The third-order valence-electron chi connectivity index (χ3n) is 2.05. The number of hydrogen-bond acceptors (Lipinski definition) is 1. The number of aliphatic imine (C=N–C) groups is 1. The second kappa shape index (κ2) is 9.21. The van der Waals surface area contributed by atoms with Crippen LogP contribution in [0.5, 0.6) is 0 Å². The lowest BCUT2D eigenvalue weighted by Gasteiger charge is -2.09. The van der Waals surface area contributed by atoms with Gasteiger partial charge in [0.15, 0.2) is 5.96 Å². The number of guanidine groups is 1. The van der Waals surface area contributed by atoms with Gasteiger partial charge in [-0.05, 0) is 19.9 Å². The van der Waals surface area contributed by atoms with E-state index in [4.69, 9.17) is 0 Å². The highest BCUT2D eigenvalue weighted by atomic mass is 127. The maximum atomic E-state index is 13.3. The molecule has 1 rings (SSSR count). The average molecular weight is 351 g/mol. The van der Waals surface area contributed by atoms with E-state index in [1.54, 1.807) is 12.1 Å². The van der Waals surface area contributed by atoms with Crippen LogP contribution in [-0.2, 0) is 6.54 Å². The quantitative estimate of drug-likeness (QED) is 0.497. The van der Waals surface area contributed by atoms with Crippen LogP contribution in [0.25, 0.3) is 0 Å². The number of nitrogens with one attached hydrogen (secondary N) is 2. The largest absolute Gasteiger partial charge is 0.357 e. The Morgan fingerprint density at radius 1 is 1.18 bits per heavy atom. The molecule has 0 fully saturated rings. The average Bonchev–Trinajstić information content (AvgIpc) is 2.28. The van der Waals surface area contributed by atoms with Gasteiger partial charge in [0.25, 0.3) is 0 Å². The molecular formula is C12H19FIN3. The predicted molar refractivity (Wildman–Crippen MR) is 80.3 cm³/mol. The summed E-state index contributed by atoms with van der Waals surface area (Å²) >= 11 is 0. The van der Waals surface area contributed by atoms with Crippen LogP contribution >= 0.6 is 24.0 Å². The number of benzene rings is 1. The van der Waals surface area contributed by atoms with Crippen molar-refractivity contribution >= 4 is 29.9 Å². The fourth-order valence-corrected chi connectivity index (χ4v) is 1.30. The van der Waals surface area contributed by atoms with Crippen molar-refractivity contribution in [1.29, 1.82) is 0 Å². The Kier molecular flexibility index (Phi) is 8.75. The van der Waals surface area contributed by atoms with Crippen molar-refractivity contribution < 1.29 is 4.39 Å². The second-order valence-corrected chi connectivity index (χ2v) is 3.32. The summed E-state index contributed by atoms with van der Waals surface area (Å²) < 4.78 is 13.3. The lowest BCUT2D eigenvalue weighted by molar-refractivity contribution is 0.610. The molecular weight excluding hydrogens is 332 g/mol. The summed E-state index contributed by atoms with van der Waals surface area (Å²) in [4.78, 5) is 4.29. The van der Waals surface area contributed by atoms with Crippen molar-refractivity contribution in [1.82, 2.24) is 10.6 Å². The van der Waals surface area contributed by atoms with Crippen molar-refractivity contribution in [2.75, 3.05) is 13.1 Å². The minimum atomic E-state index is -0.210. The van der Waals surface area contributed by atoms with Crippen molar-refractivity contribution in [2.45, 2.75) is 20.4 Å². The molecule has 0 bridgehead atoms. The standard InChI is InChI=1S/C12H18FN3.HI/c1-3-14-12(15-4-2)16-9-10-7-5-6-8-11(10)13;/h5-8H,3-4,9H2,1-2H3,(H2,14,15,16);1H. The fraction of sp³-hybridized carbons (Fsp3) is 0.417. The first-order chi connectivity index (χ1) is 7.77. The molecule has 0 spiro atoms. The highest BCUT2D eigenvalue weighted by molar-refractivity contribution is 14.0. The molecule has 0 saturated heterocycles. The Morgan fingerprint density at radius 3 is 2.29 bits per heavy atom. The van der Waals surface area contributed by atoms with E-state index >= 15 is 0 Å². The molecule has 0 aliphatic rings. The maximum absolute atomic E-state index is 13.3. The topological polar surface area (TPSA) is 36.4 Å². The van der Waals surface area contributed by atoms with Crippen LogP contribution in [0.1, 0.15) is 19.4 Å². The van der Waals surface area contributed by atoms with Gasteiger partial charge in [0.05, 0.1) is 6.54 Å².